The number of nitrogens with one attached hydrogen (secondary N) is 1. The molecule has 1 N–H and O–H groups in total. The highest BCUT2D eigenvalue weighted by Gasteiger charge is 2.31. The van der Waals surface area contributed by atoms with Crippen molar-refractivity contribution in [2.24, 2.45) is 5.92 Å². The Bertz CT molecular complexity index is 459. The highest BCUT2D eigenvalue weighted by atomic mass is 16.5. The zero-order valence-electron chi connectivity index (χ0n) is 14.1. The van der Waals surface area contributed by atoms with Crippen molar-refractivity contribution in [1.82, 2.24) is 5.32 Å². The molecule has 1 saturated heterocycles. The highest BCUT2D eigenvalue weighted by Crippen LogP contribution is 2.33. The Morgan fingerprint density at radius 3 is 2.76 bits per heavy atom. The third-order valence-corrected chi connectivity index (χ3v) is 4.48. The SMILES string of the molecule is CCCC1CN(c2cc(C)ccc2OC)C(C(C)C)CN1. The van der Waals surface area contributed by atoms with Crippen LogP contribution in [0.3, 0.4) is 0 Å². The minimum Gasteiger partial charge on any atom is -0.495 e. The second-order valence-electron chi connectivity index (χ2n) is 6.53. The van der Waals surface area contributed by atoms with Crippen molar-refractivity contribution in [2.45, 2.75) is 52.6 Å². The molecule has 1 heterocycles. The molecule has 0 bridgehead atoms. The number of aryl methyl sites for hydroxylation is 1. The largest absolute Gasteiger partial charge is 0.495 e. The molecule has 1 aliphatic rings. The van der Waals surface area contributed by atoms with Gasteiger partial charge >= 0.3 is 0 Å². The number of piperazine rings is 1. The molecule has 1 fully saturated rings. The van der Waals surface area contributed by atoms with Gasteiger partial charge in [0.15, 0.2) is 0 Å². The molecular formula is C18H30N2O. The molecule has 0 saturated carbocycles. The lowest BCUT2D eigenvalue weighted by Gasteiger charge is -2.44. The molecule has 0 radical (unpaired) electrons. The van der Waals surface area contributed by atoms with Crippen molar-refractivity contribution in [3.63, 3.8) is 0 Å². The van der Waals surface area contributed by atoms with E-state index in [0.29, 0.717) is 18.0 Å². The molecule has 0 aliphatic carbocycles. The average molecular weight is 290 g/mol. The fraction of sp³-hybridized carbons (Fsp3) is 0.667. The van der Waals surface area contributed by atoms with Gasteiger partial charge < -0.3 is 15.0 Å². The van der Waals surface area contributed by atoms with Gasteiger partial charge in [-0.2, -0.15) is 0 Å². The van der Waals surface area contributed by atoms with Gasteiger partial charge in [0.25, 0.3) is 0 Å². The van der Waals surface area contributed by atoms with Crippen LogP contribution in [0.25, 0.3) is 0 Å². The molecule has 2 unspecified atom stereocenters. The standard InChI is InChI=1S/C18H30N2O/c1-6-7-15-12-20(17(11-19-15)13(2)3)16-10-14(4)8-9-18(16)21-5/h8-10,13,15,17,19H,6-7,11-12H2,1-5H3. The fourth-order valence-corrected chi connectivity index (χ4v) is 3.27. The summed E-state index contributed by atoms with van der Waals surface area (Å²) in [5.74, 6) is 1.61. The van der Waals surface area contributed by atoms with Gasteiger partial charge in [-0.25, -0.2) is 0 Å². The van der Waals surface area contributed by atoms with Crippen LogP contribution in [0.15, 0.2) is 18.2 Å². The number of hydrogen-bond donors (Lipinski definition) is 1. The van der Waals surface area contributed by atoms with Gasteiger partial charge in [0, 0.05) is 25.2 Å². The Morgan fingerprint density at radius 1 is 1.38 bits per heavy atom. The van der Waals surface area contributed by atoms with Crippen LogP contribution < -0.4 is 15.0 Å². The van der Waals surface area contributed by atoms with Crippen LogP contribution in [0.5, 0.6) is 5.75 Å². The van der Waals surface area contributed by atoms with Gasteiger partial charge in [-0.15, -0.1) is 0 Å². The summed E-state index contributed by atoms with van der Waals surface area (Å²) in [6.07, 6.45) is 2.46. The number of benzene rings is 1. The first-order chi connectivity index (χ1) is 10.1. The molecule has 0 amide bonds. The lowest BCUT2D eigenvalue weighted by Crippen LogP contribution is -2.58. The quantitative estimate of drug-likeness (QED) is 0.896. The summed E-state index contributed by atoms with van der Waals surface area (Å²) in [4.78, 5) is 2.56. The van der Waals surface area contributed by atoms with E-state index in [0.717, 1.165) is 18.8 Å². The molecule has 3 heteroatoms. The monoisotopic (exact) mass is 290 g/mol. The van der Waals surface area contributed by atoms with E-state index in [4.69, 9.17) is 4.74 Å². The van der Waals surface area contributed by atoms with E-state index in [2.05, 4.69) is 56.1 Å². The number of rotatable bonds is 5. The minimum atomic E-state index is 0.522. The third-order valence-electron chi connectivity index (χ3n) is 4.48. The normalized spacial score (nSPS) is 22.7. The molecule has 2 rings (SSSR count). The van der Waals surface area contributed by atoms with Crippen molar-refractivity contribution in [1.29, 1.82) is 0 Å². The number of methoxy groups -OCH3 is 1. The smallest absolute Gasteiger partial charge is 0.142 e. The summed E-state index contributed by atoms with van der Waals surface area (Å²) >= 11 is 0. The Hall–Kier alpha value is -1.22. The van der Waals surface area contributed by atoms with Crippen molar-refractivity contribution >= 4 is 5.69 Å². The molecule has 3 nitrogen and oxygen atoms in total. The number of anilines is 1. The van der Waals surface area contributed by atoms with Crippen LogP contribution in [-0.4, -0.2) is 32.3 Å². The topological polar surface area (TPSA) is 24.5 Å². The molecule has 2 atom stereocenters. The average Bonchev–Trinajstić information content (AvgIpc) is 2.47. The Morgan fingerprint density at radius 2 is 2.14 bits per heavy atom. The van der Waals surface area contributed by atoms with Crippen molar-refractivity contribution in [2.75, 3.05) is 25.1 Å². The van der Waals surface area contributed by atoms with E-state index in [9.17, 15) is 0 Å². The first kappa shape index (κ1) is 16.2. The predicted octanol–water partition coefficient (Wildman–Crippen LogP) is 3.61. The summed E-state index contributed by atoms with van der Waals surface area (Å²) in [5.41, 5.74) is 2.54. The van der Waals surface area contributed by atoms with E-state index in [1.165, 1.54) is 24.1 Å². The highest BCUT2D eigenvalue weighted by molar-refractivity contribution is 5.61. The van der Waals surface area contributed by atoms with E-state index in [1.54, 1.807) is 7.11 Å². The second-order valence-corrected chi connectivity index (χ2v) is 6.53. The van der Waals surface area contributed by atoms with Crippen LogP contribution in [0.2, 0.25) is 0 Å². The molecule has 0 spiro atoms. The molecule has 1 aromatic carbocycles. The molecule has 118 valence electrons. The predicted molar refractivity (Wildman–Crippen MR) is 90.4 cm³/mol. The van der Waals surface area contributed by atoms with Crippen molar-refractivity contribution in [3.05, 3.63) is 23.8 Å². The van der Waals surface area contributed by atoms with Crippen molar-refractivity contribution < 1.29 is 4.74 Å². The summed E-state index contributed by atoms with van der Waals surface area (Å²) < 4.78 is 5.61. The van der Waals surface area contributed by atoms with Gasteiger partial charge in [0.2, 0.25) is 0 Å². The van der Waals surface area contributed by atoms with Gasteiger partial charge in [-0.05, 0) is 37.0 Å². The lowest BCUT2D eigenvalue weighted by atomic mass is 9.96. The summed E-state index contributed by atoms with van der Waals surface area (Å²) in [7, 11) is 1.77. The van der Waals surface area contributed by atoms with Crippen LogP contribution in [0, 0.1) is 12.8 Å². The maximum Gasteiger partial charge on any atom is 0.142 e. The Balaban J connectivity index is 2.32. The van der Waals surface area contributed by atoms with E-state index in [1.807, 2.05) is 0 Å². The second kappa shape index (κ2) is 7.17. The number of nitrogens with zero attached hydrogens (tertiary/aromatic N) is 1. The fourth-order valence-electron chi connectivity index (χ4n) is 3.27. The van der Waals surface area contributed by atoms with E-state index in [-0.39, 0.29) is 0 Å². The number of ether oxygens (including phenoxy) is 1. The zero-order chi connectivity index (χ0) is 15.4. The van der Waals surface area contributed by atoms with Gasteiger partial charge in [0.05, 0.1) is 12.8 Å². The van der Waals surface area contributed by atoms with E-state index < -0.39 is 0 Å². The summed E-state index contributed by atoms with van der Waals surface area (Å²) in [6, 6.07) is 7.59. The molecular weight excluding hydrogens is 260 g/mol. The maximum absolute atomic E-state index is 5.61. The van der Waals surface area contributed by atoms with Crippen LogP contribution >= 0.6 is 0 Å². The van der Waals surface area contributed by atoms with Crippen LogP contribution in [0.1, 0.15) is 39.2 Å². The van der Waals surface area contributed by atoms with Crippen molar-refractivity contribution in [3.8, 4) is 5.75 Å². The summed E-state index contributed by atoms with van der Waals surface area (Å²) in [5, 5.41) is 3.72. The third kappa shape index (κ3) is 3.70. The number of hydrogen-bond acceptors (Lipinski definition) is 3. The lowest BCUT2D eigenvalue weighted by molar-refractivity contribution is 0.323. The molecule has 1 aromatic rings. The Kier molecular flexibility index (Phi) is 5.51. The zero-order valence-corrected chi connectivity index (χ0v) is 14.1. The minimum absolute atomic E-state index is 0.522. The van der Waals surface area contributed by atoms with E-state index >= 15 is 0 Å². The molecule has 0 aromatic heterocycles. The first-order valence-corrected chi connectivity index (χ1v) is 8.21. The first-order valence-electron chi connectivity index (χ1n) is 8.21. The Labute approximate surface area is 129 Å². The maximum atomic E-state index is 5.61. The summed E-state index contributed by atoms with van der Waals surface area (Å²) in [6.45, 7) is 11.1. The van der Waals surface area contributed by atoms with Crippen LogP contribution in [-0.2, 0) is 0 Å². The molecule has 1 aliphatic heterocycles. The van der Waals surface area contributed by atoms with Gasteiger partial charge in [-0.3, -0.25) is 0 Å². The van der Waals surface area contributed by atoms with Crippen LogP contribution in [0.4, 0.5) is 5.69 Å². The molecule has 21 heavy (non-hydrogen) atoms. The van der Waals surface area contributed by atoms with Gasteiger partial charge in [0.1, 0.15) is 5.75 Å². The van der Waals surface area contributed by atoms with Gasteiger partial charge in [-0.1, -0.05) is 33.3 Å².